The zero-order chi connectivity index (χ0) is 20.4. The van der Waals surface area contributed by atoms with Crippen molar-refractivity contribution in [2.45, 2.75) is 46.1 Å². The summed E-state index contributed by atoms with van der Waals surface area (Å²) in [6.07, 6.45) is 6.57. The number of amides is 2. The number of aromatic nitrogens is 2. The van der Waals surface area contributed by atoms with Crippen LogP contribution in [0.5, 0.6) is 0 Å². The van der Waals surface area contributed by atoms with Crippen molar-refractivity contribution in [2.24, 2.45) is 5.92 Å². The molecule has 0 saturated carbocycles. The quantitative estimate of drug-likeness (QED) is 0.685. The Labute approximate surface area is 167 Å². The second-order valence-electron chi connectivity index (χ2n) is 7.48. The lowest BCUT2D eigenvalue weighted by Crippen LogP contribution is -2.39. The Hall–Kier alpha value is -2.76. The highest BCUT2D eigenvalue weighted by Crippen LogP contribution is 2.07. The number of benzene rings is 1. The molecule has 2 rings (SSSR count). The molecule has 2 amide bonds. The molecule has 1 aromatic carbocycles. The molecule has 1 atom stereocenters. The van der Waals surface area contributed by atoms with Gasteiger partial charge in [0.05, 0.1) is 6.20 Å². The summed E-state index contributed by atoms with van der Waals surface area (Å²) < 4.78 is 0. The van der Waals surface area contributed by atoms with Crippen molar-refractivity contribution in [3.05, 3.63) is 60.2 Å². The maximum atomic E-state index is 12.7. The molecule has 1 N–H and O–H groups in total. The lowest BCUT2D eigenvalue weighted by Gasteiger charge is -2.24. The Balaban J connectivity index is 1.82. The van der Waals surface area contributed by atoms with Crippen molar-refractivity contribution in [2.75, 3.05) is 13.1 Å². The van der Waals surface area contributed by atoms with E-state index in [4.69, 9.17) is 0 Å². The monoisotopic (exact) mass is 382 g/mol. The number of carbonyl (C=O) groups is 2. The van der Waals surface area contributed by atoms with Gasteiger partial charge in [0, 0.05) is 37.9 Å². The third-order valence-corrected chi connectivity index (χ3v) is 4.38. The molecule has 0 bridgehead atoms. The van der Waals surface area contributed by atoms with Gasteiger partial charge in [-0.1, -0.05) is 44.2 Å². The first-order valence-electron chi connectivity index (χ1n) is 9.84. The molecule has 150 valence electrons. The standard InChI is InChI=1S/C22H30N4O2/c1-17(2)16-26(22(28)20-15-23-12-13-24-20)14-11-21(27)25-18(3)9-10-19-7-5-4-6-8-19/h4-8,12-13,15,17-18H,9-11,14,16H2,1-3H3,(H,25,27)/t18-/m0/s1. The van der Waals surface area contributed by atoms with Crippen LogP contribution in [0.1, 0.15) is 49.7 Å². The van der Waals surface area contributed by atoms with Gasteiger partial charge in [0.25, 0.3) is 5.91 Å². The number of hydrogen-bond acceptors (Lipinski definition) is 4. The molecule has 1 heterocycles. The Morgan fingerprint density at radius 3 is 2.50 bits per heavy atom. The second-order valence-corrected chi connectivity index (χ2v) is 7.48. The lowest BCUT2D eigenvalue weighted by molar-refractivity contribution is -0.121. The molecule has 2 aromatic rings. The molecular weight excluding hydrogens is 352 g/mol. The fraction of sp³-hybridized carbons (Fsp3) is 0.455. The zero-order valence-corrected chi connectivity index (χ0v) is 17.0. The molecule has 6 nitrogen and oxygen atoms in total. The normalized spacial score (nSPS) is 11.9. The average molecular weight is 383 g/mol. The highest BCUT2D eigenvalue weighted by molar-refractivity contribution is 5.92. The van der Waals surface area contributed by atoms with E-state index in [0.29, 0.717) is 24.7 Å². The van der Waals surface area contributed by atoms with Gasteiger partial charge in [-0.2, -0.15) is 0 Å². The fourth-order valence-corrected chi connectivity index (χ4v) is 2.97. The van der Waals surface area contributed by atoms with Gasteiger partial charge in [-0.25, -0.2) is 4.98 Å². The molecule has 0 spiro atoms. The largest absolute Gasteiger partial charge is 0.354 e. The van der Waals surface area contributed by atoms with Gasteiger partial charge in [0.15, 0.2) is 0 Å². The van der Waals surface area contributed by atoms with Crippen molar-refractivity contribution in [1.29, 1.82) is 0 Å². The van der Waals surface area contributed by atoms with E-state index >= 15 is 0 Å². The van der Waals surface area contributed by atoms with Crippen LogP contribution in [0.25, 0.3) is 0 Å². The maximum Gasteiger partial charge on any atom is 0.274 e. The van der Waals surface area contributed by atoms with Crippen LogP contribution in [-0.2, 0) is 11.2 Å². The van der Waals surface area contributed by atoms with E-state index in [2.05, 4.69) is 27.4 Å². The van der Waals surface area contributed by atoms with Gasteiger partial charge in [0.2, 0.25) is 5.91 Å². The van der Waals surface area contributed by atoms with Crippen LogP contribution in [0.3, 0.4) is 0 Å². The minimum Gasteiger partial charge on any atom is -0.354 e. The molecule has 0 fully saturated rings. The summed E-state index contributed by atoms with van der Waals surface area (Å²) in [5.74, 6) is 0.0708. The SMILES string of the molecule is CC(C)CN(CCC(=O)N[C@@H](C)CCc1ccccc1)C(=O)c1cnccn1. The van der Waals surface area contributed by atoms with Crippen molar-refractivity contribution < 1.29 is 9.59 Å². The summed E-state index contributed by atoms with van der Waals surface area (Å²) in [4.78, 5) is 34.7. The average Bonchev–Trinajstić information content (AvgIpc) is 2.70. The molecule has 1 aromatic heterocycles. The van der Waals surface area contributed by atoms with Crippen LogP contribution in [0, 0.1) is 5.92 Å². The zero-order valence-electron chi connectivity index (χ0n) is 17.0. The van der Waals surface area contributed by atoms with Gasteiger partial charge in [0.1, 0.15) is 5.69 Å². The van der Waals surface area contributed by atoms with E-state index in [1.54, 1.807) is 4.90 Å². The number of nitrogens with zero attached hydrogens (tertiary/aromatic N) is 3. The molecule has 0 aliphatic rings. The Bertz CT molecular complexity index is 735. The molecule has 28 heavy (non-hydrogen) atoms. The molecule has 0 aliphatic carbocycles. The molecule has 0 saturated heterocycles. The van der Waals surface area contributed by atoms with E-state index in [1.165, 1.54) is 24.2 Å². The van der Waals surface area contributed by atoms with E-state index in [0.717, 1.165) is 12.8 Å². The van der Waals surface area contributed by atoms with Crippen LogP contribution in [0.4, 0.5) is 0 Å². The number of aryl methyl sites for hydroxylation is 1. The summed E-state index contributed by atoms with van der Waals surface area (Å²) in [5, 5.41) is 3.03. The summed E-state index contributed by atoms with van der Waals surface area (Å²) in [6.45, 7) is 7.04. The first-order chi connectivity index (χ1) is 13.5. The summed E-state index contributed by atoms with van der Waals surface area (Å²) >= 11 is 0. The second kappa shape index (κ2) is 11.2. The van der Waals surface area contributed by atoms with E-state index < -0.39 is 0 Å². The third kappa shape index (κ3) is 7.47. The summed E-state index contributed by atoms with van der Waals surface area (Å²) in [6, 6.07) is 10.3. The van der Waals surface area contributed by atoms with Crippen LogP contribution < -0.4 is 5.32 Å². The fourth-order valence-electron chi connectivity index (χ4n) is 2.97. The summed E-state index contributed by atoms with van der Waals surface area (Å²) in [7, 11) is 0. The van der Waals surface area contributed by atoms with Crippen molar-refractivity contribution in [1.82, 2.24) is 20.2 Å². The number of rotatable bonds is 10. The van der Waals surface area contributed by atoms with E-state index in [9.17, 15) is 9.59 Å². The number of carbonyl (C=O) groups excluding carboxylic acids is 2. The Kier molecular flexibility index (Phi) is 8.59. The van der Waals surface area contributed by atoms with Gasteiger partial charge in [-0.15, -0.1) is 0 Å². The van der Waals surface area contributed by atoms with Crippen molar-refractivity contribution in [3.8, 4) is 0 Å². The lowest BCUT2D eigenvalue weighted by atomic mass is 10.1. The van der Waals surface area contributed by atoms with Crippen LogP contribution in [-0.4, -0.2) is 45.8 Å². The molecule has 0 radical (unpaired) electrons. The highest BCUT2D eigenvalue weighted by atomic mass is 16.2. The molecule has 0 unspecified atom stereocenters. The van der Waals surface area contributed by atoms with Gasteiger partial charge >= 0.3 is 0 Å². The predicted molar refractivity (Wildman–Crippen MR) is 110 cm³/mol. The smallest absolute Gasteiger partial charge is 0.274 e. The van der Waals surface area contributed by atoms with Crippen LogP contribution >= 0.6 is 0 Å². The van der Waals surface area contributed by atoms with Gasteiger partial charge in [-0.05, 0) is 31.2 Å². The highest BCUT2D eigenvalue weighted by Gasteiger charge is 2.19. The number of hydrogen-bond donors (Lipinski definition) is 1. The first kappa shape index (κ1) is 21.5. The van der Waals surface area contributed by atoms with Crippen LogP contribution in [0.2, 0.25) is 0 Å². The van der Waals surface area contributed by atoms with Crippen LogP contribution in [0.15, 0.2) is 48.9 Å². The van der Waals surface area contributed by atoms with Crippen molar-refractivity contribution >= 4 is 11.8 Å². The minimum atomic E-state index is -0.188. The van der Waals surface area contributed by atoms with E-state index in [1.807, 2.05) is 39.0 Å². The minimum absolute atomic E-state index is 0.0405. The number of nitrogens with one attached hydrogen (secondary N) is 1. The Morgan fingerprint density at radius 1 is 1.11 bits per heavy atom. The maximum absolute atomic E-state index is 12.7. The predicted octanol–water partition coefficient (Wildman–Crippen LogP) is 3.10. The first-order valence-corrected chi connectivity index (χ1v) is 9.84. The molecule has 0 aliphatic heterocycles. The topological polar surface area (TPSA) is 75.2 Å². The Morgan fingerprint density at radius 2 is 1.86 bits per heavy atom. The molecular formula is C22H30N4O2. The van der Waals surface area contributed by atoms with E-state index in [-0.39, 0.29) is 24.3 Å². The summed E-state index contributed by atoms with van der Waals surface area (Å²) in [5.41, 5.74) is 1.57. The molecule has 6 heteroatoms. The van der Waals surface area contributed by atoms with Gasteiger partial charge in [-0.3, -0.25) is 14.6 Å². The van der Waals surface area contributed by atoms with Gasteiger partial charge < -0.3 is 10.2 Å². The third-order valence-electron chi connectivity index (χ3n) is 4.38. The van der Waals surface area contributed by atoms with Crippen molar-refractivity contribution in [3.63, 3.8) is 0 Å².